The van der Waals surface area contributed by atoms with Crippen LogP contribution in [0, 0.1) is 0 Å². The molecule has 0 aliphatic carbocycles. The van der Waals surface area contributed by atoms with Gasteiger partial charge in [0, 0.05) is 5.39 Å². The Balaban J connectivity index is 1.44. The summed E-state index contributed by atoms with van der Waals surface area (Å²) in [7, 11) is 1.29. The molecule has 8 heteroatoms. The van der Waals surface area contributed by atoms with E-state index in [1.54, 1.807) is 24.3 Å². The number of benzene rings is 3. The number of nitrogens with one attached hydrogen (secondary N) is 1. The molecule has 0 fully saturated rings. The van der Waals surface area contributed by atoms with Crippen LogP contribution in [0.25, 0.3) is 21.7 Å². The number of nitrogens with zero attached hydrogens (tertiary/aromatic N) is 1. The van der Waals surface area contributed by atoms with Gasteiger partial charge in [-0.05, 0) is 62.6 Å². The molecular formula is C23H17BrN2O5. The lowest BCUT2D eigenvalue weighted by molar-refractivity contribution is -0.142. The summed E-state index contributed by atoms with van der Waals surface area (Å²) in [6.45, 7) is -0.189. The molecule has 0 saturated heterocycles. The van der Waals surface area contributed by atoms with Crippen molar-refractivity contribution in [3.05, 3.63) is 76.5 Å². The maximum atomic E-state index is 12.4. The van der Waals surface area contributed by atoms with Crippen LogP contribution in [0.2, 0.25) is 0 Å². The van der Waals surface area contributed by atoms with Crippen molar-refractivity contribution in [1.29, 1.82) is 0 Å². The van der Waals surface area contributed by atoms with Crippen LogP contribution < -0.4 is 10.2 Å². The summed E-state index contributed by atoms with van der Waals surface area (Å²) in [5, 5.41) is 6.96. The van der Waals surface area contributed by atoms with Gasteiger partial charge in [0.2, 0.25) is 0 Å². The second-order valence-electron chi connectivity index (χ2n) is 6.56. The molecule has 1 N–H and O–H groups in total. The lowest BCUT2D eigenvalue weighted by Crippen LogP contribution is -2.16. The summed E-state index contributed by atoms with van der Waals surface area (Å²) in [6, 6.07) is 18.6. The molecule has 0 bridgehead atoms. The minimum absolute atomic E-state index is 0.177. The van der Waals surface area contributed by atoms with E-state index >= 15 is 0 Å². The fourth-order valence-corrected chi connectivity index (χ4v) is 3.55. The van der Waals surface area contributed by atoms with Crippen molar-refractivity contribution in [3.8, 4) is 5.75 Å². The van der Waals surface area contributed by atoms with Crippen molar-refractivity contribution in [2.75, 3.05) is 13.7 Å². The van der Waals surface area contributed by atoms with Gasteiger partial charge in [-0.2, -0.15) is 5.10 Å². The predicted molar refractivity (Wildman–Crippen MR) is 120 cm³/mol. The van der Waals surface area contributed by atoms with Gasteiger partial charge < -0.3 is 13.9 Å². The van der Waals surface area contributed by atoms with E-state index in [0.717, 1.165) is 16.2 Å². The monoisotopic (exact) mass is 480 g/mol. The predicted octanol–water partition coefficient (Wildman–Crippen LogP) is 4.66. The molecular weight excluding hydrogens is 464 g/mol. The maximum absolute atomic E-state index is 12.4. The Morgan fingerprint density at radius 2 is 1.94 bits per heavy atom. The van der Waals surface area contributed by atoms with Crippen LogP contribution in [0.15, 0.2) is 74.7 Å². The molecule has 4 aromatic rings. The van der Waals surface area contributed by atoms with Gasteiger partial charge in [-0.3, -0.25) is 4.79 Å². The molecule has 31 heavy (non-hydrogen) atoms. The minimum atomic E-state index is -0.473. The third-order valence-electron chi connectivity index (χ3n) is 4.56. The van der Waals surface area contributed by atoms with Crippen molar-refractivity contribution >= 4 is 55.8 Å². The van der Waals surface area contributed by atoms with Gasteiger partial charge in [0.15, 0.2) is 12.4 Å². The van der Waals surface area contributed by atoms with Crippen LogP contribution in [-0.2, 0) is 9.53 Å². The Bertz CT molecular complexity index is 1310. The number of hydrazone groups is 1. The van der Waals surface area contributed by atoms with Crippen molar-refractivity contribution < 1.29 is 23.5 Å². The number of rotatable bonds is 6. The number of amides is 1. The number of methoxy groups -OCH3 is 1. The van der Waals surface area contributed by atoms with Crippen LogP contribution in [-0.4, -0.2) is 31.8 Å². The maximum Gasteiger partial charge on any atom is 0.343 e. The lowest BCUT2D eigenvalue weighted by atomic mass is 10.1. The number of carbonyl (C=O) groups is 2. The second-order valence-corrected chi connectivity index (χ2v) is 7.42. The average Bonchev–Trinajstić information content (AvgIpc) is 3.23. The summed E-state index contributed by atoms with van der Waals surface area (Å²) in [4.78, 5) is 23.6. The number of carbonyl (C=O) groups excluding carboxylic acids is 2. The van der Waals surface area contributed by atoms with Gasteiger partial charge in [0.05, 0.1) is 17.8 Å². The van der Waals surface area contributed by atoms with Crippen molar-refractivity contribution in [1.82, 2.24) is 5.43 Å². The molecule has 7 nitrogen and oxygen atoms in total. The van der Waals surface area contributed by atoms with Gasteiger partial charge in [0.1, 0.15) is 11.3 Å². The number of halogens is 1. The fraction of sp³-hybridized carbons (Fsp3) is 0.0870. The average molecular weight is 481 g/mol. The van der Waals surface area contributed by atoms with E-state index in [-0.39, 0.29) is 12.4 Å². The van der Waals surface area contributed by atoms with E-state index in [1.807, 2.05) is 36.4 Å². The molecule has 4 rings (SSSR count). The van der Waals surface area contributed by atoms with Crippen LogP contribution in [0.1, 0.15) is 16.1 Å². The zero-order valence-electron chi connectivity index (χ0n) is 16.4. The van der Waals surface area contributed by atoms with Crippen molar-refractivity contribution in [2.24, 2.45) is 5.10 Å². The largest absolute Gasteiger partial charge is 0.481 e. The zero-order valence-corrected chi connectivity index (χ0v) is 18.0. The molecule has 1 amide bonds. The van der Waals surface area contributed by atoms with Crippen LogP contribution in [0.4, 0.5) is 0 Å². The molecule has 0 saturated carbocycles. The first-order valence-corrected chi connectivity index (χ1v) is 10.1. The van der Waals surface area contributed by atoms with Gasteiger partial charge >= 0.3 is 11.9 Å². The van der Waals surface area contributed by atoms with E-state index in [1.165, 1.54) is 13.3 Å². The van der Waals surface area contributed by atoms with Crippen molar-refractivity contribution in [2.45, 2.75) is 0 Å². The van der Waals surface area contributed by atoms with E-state index in [2.05, 4.69) is 31.2 Å². The number of esters is 1. The van der Waals surface area contributed by atoms with E-state index in [4.69, 9.17) is 9.15 Å². The third kappa shape index (κ3) is 4.59. The van der Waals surface area contributed by atoms with Crippen LogP contribution in [0.3, 0.4) is 0 Å². The van der Waals surface area contributed by atoms with E-state index < -0.39 is 11.9 Å². The molecule has 0 unspecified atom stereocenters. The van der Waals surface area contributed by atoms with Crippen LogP contribution >= 0.6 is 15.9 Å². The SMILES string of the molecule is COC(=O)COc1ccc(/C=N\NC(=O)c2cc3c(ccc4ccccc43)o2)cc1Br. The normalized spacial score (nSPS) is 11.2. The fourth-order valence-electron chi connectivity index (χ4n) is 3.03. The minimum Gasteiger partial charge on any atom is -0.481 e. The first kappa shape index (κ1) is 20.6. The number of hydrogen-bond donors (Lipinski definition) is 1. The smallest absolute Gasteiger partial charge is 0.343 e. The molecule has 0 radical (unpaired) electrons. The quantitative estimate of drug-likeness (QED) is 0.246. The van der Waals surface area contributed by atoms with E-state index in [9.17, 15) is 9.59 Å². The van der Waals surface area contributed by atoms with Crippen LogP contribution in [0.5, 0.6) is 5.75 Å². The number of hydrogen-bond acceptors (Lipinski definition) is 6. The number of furan rings is 1. The number of fused-ring (bicyclic) bond motifs is 3. The highest BCUT2D eigenvalue weighted by Crippen LogP contribution is 2.28. The lowest BCUT2D eigenvalue weighted by Gasteiger charge is -2.07. The molecule has 156 valence electrons. The zero-order chi connectivity index (χ0) is 21.8. The molecule has 0 atom stereocenters. The second kappa shape index (κ2) is 9.01. The Labute approximate surface area is 185 Å². The highest BCUT2D eigenvalue weighted by molar-refractivity contribution is 9.10. The summed E-state index contributed by atoms with van der Waals surface area (Å²) in [5.41, 5.74) is 3.82. The summed E-state index contributed by atoms with van der Waals surface area (Å²) < 4.78 is 16.2. The Morgan fingerprint density at radius 1 is 1.10 bits per heavy atom. The molecule has 1 heterocycles. The Hall–Kier alpha value is -3.65. The topological polar surface area (TPSA) is 90.1 Å². The number of ether oxygens (including phenoxy) is 2. The summed E-state index contributed by atoms with van der Waals surface area (Å²) >= 11 is 3.37. The standard InChI is InChI=1S/C23H17BrN2O5/c1-29-22(27)13-30-20-8-6-14(10-18(20)24)12-25-26-23(28)21-11-17-16-5-3-2-4-15(16)7-9-19(17)31-21/h2-12H,13H2,1H3,(H,26,28)/b25-12-. The summed E-state index contributed by atoms with van der Waals surface area (Å²) in [5.74, 6) is -0.259. The molecule has 1 aromatic heterocycles. The first-order chi connectivity index (χ1) is 15.0. The van der Waals surface area contributed by atoms with E-state index in [0.29, 0.717) is 21.4 Å². The van der Waals surface area contributed by atoms with Gasteiger partial charge in [-0.1, -0.05) is 30.3 Å². The highest BCUT2D eigenvalue weighted by Gasteiger charge is 2.13. The Kier molecular flexibility index (Phi) is 5.99. The molecule has 3 aromatic carbocycles. The highest BCUT2D eigenvalue weighted by atomic mass is 79.9. The van der Waals surface area contributed by atoms with Gasteiger partial charge in [-0.25, -0.2) is 10.2 Å². The first-order valence-electron chi connectivity index (χ1n) is 9.29. The molecule has 0 spiro atoms. The van der Waals surface area contributed by atoms with Gasteiger partial charge in [-0.15, -0.1) is 0 Å². The van der Waals surface area contributed by atoms with Crippen molar-refractivity contribution in [3.63, 3.8) is 0 Å². The molecule has 0 aliphatic heterocycles. The summed E-state index contributed by atoms with van der Waals surface area (Å²) in [6.07, 6.45) is 1.49. The molecule has 0 aliphatic rings. The Morgan fingerprint density at radius 3 is 2.74 bits per heavy atom. The van der Waals surface area contributed by atoms with Gasteiger partial charge in [0.25, 0.3) is 0 Å². The third-order valence-corrected chi connectivity index (χ3v) is 5.18.